The van der Waals surface area contributed by atoms with Gasteiger partial charge in [0.15, 0.2) is 0 Å². The van der Waals surface area contributed by atoms with E-state index in [1.165, 1.54) is 12.1 Å². The third kappa shape index (κ3) is 4.74. The molecule has 4 rings (SSSR count). The summed E-state index contributed by atoms with van der Waals surface area (Å²) in [6, 6.07) is 15.3. The maximum atomic E-state index is 13.1. The zero-order valence-electron chi connectivity index (χ0n) is 16.8. The Morgan fingerprint density at radius 2 is 2.00 bits per heavy atom. The summed E-state index contributed by atoms with van der Waals surface area (Å²) in [4.78, 5) is 9.24. The van der Waals surface area contributed by atoms with Crippen LogP contribution in [0.5, 0.6) is 0 Å². The molecule has 0 bridgehead atoms. The van der Waals surface area contributed by atoms with E-state index in [0.717, 1.165) is 60.3 Å². The van der Waals surface area contributed by atoms with Gasteiger partial charge in [0, 0.05) is 49.5 Å². The van der Waals surface area contributed by atoms with E-state index < -0.39 is 0 Å². The number of benzene rings is 2. The lowest BCUT2D eigenvalue weighted by atomic mass is 10.1. The first-order valence-electron chi connectivity index (χ1n) is 10.1. The third-order valence-electron chi connectivity index (χ3n) is 5.58. The second-order valence-electron chi connectivity index (χ2n) is 7.78. The summed E-state index contributed by atoms with van der Waals surface area (Å²) in [6.07, 6.45) is 6.99. The molecule has 1 aliphatic rings. The smallest absolute Gasteiger partial charge is 0.123 e. The Kier molecular flexibility index (Phi) is 5.76. The van der Waals surface area contributed by atoms with Crippen molar-refractivity contribution in [3.63, 3.8) is 0 Å². The van der Waals surface area contributed by atoms with Crippen molar-refractivity contribution in [3.8, 4) is 0 Å². The van der Waals surface area contributed by atoms with Crippen LogP contribution in [0, 0.1) is 5.82 Å². The SMILES string of the molecule is C[C@@H]1CN(Cc2ccc(F)cc2)CCN1/C=C/Cc1cc2ncccc2cc1N. The molecule has 1 fully saturated rings. The van der Waals surface area contributed by atoms with E-state index in [4.69, 9.17) is 5.73 Å². The molecule has 4 nitrogen and oxygen atoms in total. The molecule has 2 heterocycles. The van der Waals surface area contributed by atoms with E-state index in [9.17, 15) is 4.39 Å². The van der Waals surface area contributed by atoms with Gasteiger partial charge in [-0.25, -0.2) is 4.39 Å². The monoisotopic (exact) mass is 390 g/mol. The summed E-state index contributed by atoms with van der Waals surface area (Å²) in [5, 5.41) is 1.07. The molecular weight excluding hydrogens is 363 g/mol. The molecule has 0 radical (unpaired) electrons. The molecule has 1 atom stereocenters. The Labute approximate surface area is 171 Å². The van der Waals surface area contributed by atoms with E-state index in [-0.39, 0.29) is 5.82 Å². The van der Waals surface area contributed by atoms with Crippen molar-refractivity contribution in [1.82, 2.24) is 14.8 Å². The van der Waals surface area contributed by atoms with E-state index in [1.54, 1.807) is 0 Å². The van der Waals surface area contributed by atoms with Crippen molar-refractivity contribution in [2.75, 3.05) is 25.4 Å². The molecule has 29 heavy (non-hydrogen) atoms. The first kappa shape index (κ1) is 19.4. The number of rotatable bonds is 5. The van der Waals surface area contributed by atoms with Gasteiger partial charge in [0.05, 0.1) is 5.52 Å². The van der Waals surface area contributed by atoms with Crippen molar-refractivity contribution in [2.45, 2.75) is 25.9 Å². The van der Waals surface area contributed by atoms with Crippen LogP contribution in [0.15, 0.2) is 67.0 Å². The number of hydrogen-bond acceptors (Lipinski definition) is 4. The molecule has 5 heteroatoms. The Morgan fingerprint density at radius 1 is 1.17 bits per heavy atom. The molecule has 0 aliphatic carbocycles. The first-order valence-corrected chi connectivity index (χ1v) is 10.1. The number of nitrogen functional groups attached to an aromatic ring is 1. The number of nitrogens with zero attached hydrogens (tertiary/aromatic N) is 3. The normalized spacial score (nSPS) is 18.0. The summed E-state index contributed by atoms with van der Waals surface area (Å²) in [5.41, 5.74) is 10.3. The van der Waals surface area contributed by atoms with E-state index >= 15 is 0 Å². The molecule has 1 aliphatic heterocycles. The van der Waals surface area contributed by atoms with Crippen LogP contribution in [0.3, 0.4) is 0 Å². The molecule has 2 aromatic carbocycles. The highest BCUT2D eigenvalue weighted by molar-refractivity contribution is 5.83. The lowest BCUT2D eigenvalue weighted by Crippen LogP contribution is -2.49. The minimum absolute atomic E-state index is 0.181. The van der Waals surface area contributed by atoms with Gasteiger partial charge in [0.2, 0.25) is 0 Å². The average Bonchev–Trinajstić information content (AvgIpc) is 2.71. The van der Waals surface area contributed by atoms with Crippen molar-refractivity contribution >= 4 is 16.6 Å². The van der Waals surface area contributed by atoms with Crippen molar-refractivity contribution in [2.24, 2.45) is 0 Å². The number of nitrogens with two attached hydrogens (primary N) is 1. The first-order chi connectivity index (χ1) is 14.1. The van der Waals surface area contributed by atoms with Crippen LogP contribution in [-0.2, 0) is 13.0 Å². The zero-order chi connectivity index (χ0) is 20.2. The van der Waals surface area contributed by atoms with Gasteiger partial charge in [0.1, 0.15) is 5.82 Å². The van der Waals surface area contributed by atoms with Gasteiger partial charge < -0.3 is 10.6 Å². The van der Waals surface area contributed by atoms with Gasteiger partial charge in [-0.2, -0.15) is 0 Å². The van der Waals surface area contributed by atoms with E-state index in [1.807, 2.05) is 36.5 Å². The van der Waals surface area contributed by atoms with Crippen LogP contribution in [0.2, 0.25) is 0 Å². The molecule has 3 aromatic rings. The summed E-state index contributed by atoms with van der Waals surface area (Å²) in [5.74, 6) is -0.181. The van der Waals surface area contributed by atoms with Crippen LogP contribution in [0.4, 0.5) is 10.1 Å². The number of anilines is 1. The average molecular weight is 391 g/mol. The molecule has 0 saturated carbocycles. The standard InChI is InChI=1S/C24H27FN4/c1-18-16-28(17-19-6-8-22(25)9-7-19)12-13-29(18)11-3-5-20-15-24-21(14-23(20)26)4-2-10-27-24/h2-4,6-11,14-15,18H,5,12-13,16-17,26H2,1H3/b11-3+/t18-/m1/s1. The minimum atomic E-state index is -0.181. The van der Waals surface area contributed by atoms with Gasteiger partial charge in [-0.05, 0) is 61.0 Å². The second kappa shape index (κ2) is 8.62. The van der Waals surface area contributed by atoms with Crippen LogP contribution in [0.25, 0.3) is 10.9 Å². The Hall–Kier alpha value is -2.92. The maximum absolute atomic E-state index is 13.1. The molecular formula is C24H27FN4. The Bertz CT molecular complexity index is 999. The molecule has 1 saturated heterocycles. The number of fused-ring (bicyclic) bond motifs is 1. The van der Waals surface area contributed by atoms with Gasteiger partial charge in [0.25, 0.3) is 0 Å². The zero-order valence-corrected chi connectivity index (χ0v) is 16.8. The fraction of sp³-hybridized carbons (Fsp3) is 0.292. The molecule has 0 unspecified atom stereocenters. The van der Waals surface area contributed by atoms with Gasteiger partial charge in [-0.3, -0.25) is 9.88 Å². The van der Waals surface area contributed by atoms with Crippen LogP contribution >= 0.6 is 0 Å². The number of hydrogen-bond donors (Lipinski definition) is 1. The van der Waals surface area contributed by atoms with Crippen molar-refractivity contribution in [1.29, 1.82) is 0 Å². The number of allylic oxidation sites excluding steroid dienone is 1. The second-order valence-corrected chi connectivity index (χ2v) is 7.78. The van der Waals surface area contributed by atoms with E-state index in [2.05, 4.69) is 40.0 Å². The molecule has 150 valence electrons. The van der Waals surface area contributed by atoms with Gasteiger partial charge >= 0.3 is 0 Å². The molecule has 0 amide bonds. The van der Waals surface area contributed by atoms with Gasteiger partial charge in [-0.1, -0.05) is 24.3 Å². The topological polar surface area (TPSA) is 45.4 Å². The summed E-state index contributed by atoms with van der Waals surface area (Å²) < 4.78 is 13.1. The number of aromatic nitrogens is 1. The highest BCUT2D eigenvalue weighted by Crippen LogP contribution is 2.21. The van der Waals surface area contributed by atoms with Crippen molar-refractivity contribution in [3.05, 3.63) is 83.9 Å². The summed E-state index contributed by atoms with van der Waals surface area (Å²) >= 11 is 0. The van der Waals surface area contributed by atoms with Gasteiger partial charge in [-0.15, -0.1) is 0 Å². The minimum Gasteiger partial charge on any atom is -0.398 e. The predicted octanol–water partition coefficient (Wildman–Crippen LogP) is 4.22. The quantitative estimate of drug-likeness (QED) is 0.663. The predicted molar refractivity (Wildman–Crippen MR) is 117 cm³/mol. The largest absolute Gasteiger partial charge is 0.398 e. The fourth-order valence-electron chi connectivity index (χ4n) is 3.93. The van der Waals surface area contributed by atoms with Crippen molar-refractivity contribution < 1.29 is 4.39 Å². The Morgan fingerprint density at radius 3 is 2.79 bits per heavy atom. The lowest BCUT2D eigenvalue weighted by Gasteiger charge is -2.39. The van der Waals surface area contributed by atoms with Crippen LogP contribution in [0.1, 0.15) is 18.1 Å². The lowest BCUT2D eigenvalue weighted by molar-refractivity contribution is 0.115. The molecule has 1 aromatic heterocycles. The highest BCUT2D eigenvalue weighted by Gasteiger charge is 2.21. The third-order valence-corrected chi connectivity index (χ3v) is 5.58. The van der Waals surface area contributed by atoms with Crippen LogP contribution < -0.4 is 5.73 Å². The Balaban J connectivity index is 1.34. The molecule has 0 spiro atoms. The number of piperazine rings is 1. The fourth-order valence-corrected chi connectivity index (χ4v) is 3.93. The van der Waals surface area contributed by atoms with Crippen LogP contribution in [-0.4, -0.2) is 40.5 Å². The molecule has 2 N–H and O–H groups in total. The number of pyridine rings is 1. The summed E-state index contributed by atoms with van der Waals surface area (Å²) in [7, 11) is 0. The maximum Gasteiger partial charge on any atom is 0.123 e. The summed E-state index contributed by atoms with van der Waals surface area (Å²) in [6.45, 7) is 6.07. The number of halogens is 1. The highest BCUT2D eigenvalue weighted by atomic mass is 19.1. The van der Waals surface area contributed by atoms with E-state index in [0.29, 0.717) is 6.04 Å².